The second-order valence-corrected chi connectivity index (χ2v) is 5.74. The van der Waals surface area contributed by atoms with Crippen LogP contribution in [0.1, 0.15) is 32.1 Å². The number of amides is 2. The van der Waals surface area contributed by atoms with Crippen LogP contribution in [0.25, 0.3) is 0 Å². The lowest BCUT2D eigenvalue weighted by atomic mass is 10.1. The van der Waals surface area contributed by atoms with Crippen LogP contribution in [0.5, 0.6) is 5.75 Å². The maximum atomic E-state index is 12.0. The van der Waals surface area contributed by atoms with Gasteiger partial charge in [0.05, 0.1) is 12.0 Å². The first-order valence-electron chi connectivity index (χ1n) is 7.55. The molecule has 1 aromatic rings. The summed E-state index contributed by atoms with van der Waals surface area (Å²) in [5.41, 5.74) is 0.734. The molecule has 5 nitrogen and oxygen atoms in total. The maximum absolute atomic E-state index is 12.0. The Morgan fingerprint density at radius 1 is 1.19 bits per heavy atom. The van der Waals surface area contributed by atoms with E-state index in [-0.39, 0.29) is 24.2 Å². The largest absolute Gasteiger partial charge is 0.490 e. The zero-order valence-corrected chi connectivity index (χ0v) is 11.9. The molecule has 1 atom stereocenters. The number of carbonyl (C=O) groups excluding carboxylic acids is 2. The molecular formula is C16H20N2O3. The summed E-state index contributed by atoms with van der Waals surface area (Å²) < 4.78 is 5.88. The van der Waals surface area contributed by atoms with Crippen molar-refractivity contribution in [2.75, 3.05) is 11.9 Å². The van der Waals surface area contributed by atoms with E-state index in [0.29, 0.717) is 12.6 Å². The van der Waals surface area contributed by atoms with Gasteiger partial charge in [0.1, 0.15) is 5.75 Å². The number of ether oxygens (including phenoxy) is 1. The fraction of sp³-hybridized carbons (Fsp3) is 0.500. The lowest BCUT2D eigenvalue weighted by Crippen LogP contribution is -2.24. The lowest BCUT2D eigenvalue weighted by Gasteiger charge is -2.14. The van der Waals surface area contributed by atoms with Crippen molar-refractivity contribution in [3.8, 4) is 5.75 Å². The van der Waals surface area contributed by atoms with Crippen molar-refractivity contribution >= 4 is 17.5 Å². The van der Waals surface area contributed by atoms with E-state index in [9.17, 15) is 9.59 Å². The number of anilines is 1. The van der Waals surface area contributed by atoms with E-state index in [4.69, 9.17) is 4.74 Å². The van der Waals surface area contributed by atoms with Gasteiger partial charge in [-0.25, -0.2) is 0 Å². The fourth-order valence-corrected chi connectivity index (χ4v) is 2.85. The lowest BCUT2D eigenvalue weighted by molar-refractivity contribution is -0.123. The van der Waals surface area contributed by atoms with Crippen molar-refractivity contribution in [2.45, 2.75) is 38.2 Å². The molecule has 2 N–H and O–H groups in total. The topological polar surface area (TPSA) is 67.4 Å². The minimum Gasteiger partial charge on any atom is -0.490 e. The maximum Gasteiger partial charge on any atom is 0.229 e. The van der Waals surface area contributed by atoms with Crippen LogP contribution < -0.4 is 15.4 Å². The molecule has 5 heteroatoms. The van der Waals surface area contributed by atoms with Crippen LogP contribution in [0.3, 0.4) is 0 Å². The van der Waals surface area contributed by atoms with Gasteiger partial charge in [0.25, 0.3) is 0 Å². The standard InChI is InChI=1S/C16H20N2O3/c19-15-9-11(10-17-15)16(20)18-12-5-7-14(8-6-12)21-13-3-1-2-4-13/h5-8,11,13H,1-4,9-10H2,(H,17,19)(H,18,20). The molecule has 1 heterocycles. The highest BCUT2D eigenvalue weighted by atomic mass is 16.5. The number of benzene rings is 1. The summed E-state index contributed by atoms with van der Waals surface area (Å²) in [6.07, 6.45) is 5.35. The van der Waals surface area contributed by atoms with Crippen LogP contribution in [0.2, 0.25) is 0 Å². The number of rotatable bonds is 4. The Bertz CT molecular complexity index is 521. The molecule has 0 spiro atoms. The van der Waals surface area contributed by atoms with Crippen molar-refractivity contribution in [3.63, 3.8) is 0 Å². The normalized spacial score (nSPS) is 22.1. The van der Waals surface area contributed by atoms with Crippen LogP contribution in [-0.2, 0) is 9.59 Å². The highest BCUT2D eigenvalue weighted by Gasteiger charge is 2.27. The van der Waals surface area contributed by atoms with E-state index >= 15 is 0 Å². The second-order valence-electron chi connectivity index (χ2n) is 5.74. The summed E-state index contributed by atoms with van der Waals surface area (Å²) in [6.45, 7) is 0.424. The van der Waals surface area contributed by atoms with Crippen molar-refractivity contribution in [2.24, 2.45) is 5.92 Å². The minimum atomic E-state index is -0.271. The van der Waals surface area contributed by atoms with Crippen LogP contribution in [-0.4, -0.2) is 24.5 Å². The quantitative estimate of drug-likeness (QED) is 0.891. The molecule has 21 heavy (non-hydrogen) atoms. The zero-order valence-electron chi connectivity index (χ0n) is 11.9. The van der Waals surface area contributed by atoms with E-state index in [2.05, 4.69) is 10.6 Å². The van der Waals surface area contributed by atoms with Crippen molar-refractivity contribution in [1.29, 1.82) is 0 Å². The zero-order chi connectivity index (χ0) is 14.7. The van der Waals surface area contributed by atoms with E-state index in [1.54, 1.807) is 0 Å². The van der Waals surface area contributed by atoms with Crippen LogP contribution in [0, 0.1) is 5.92 Å². The predicted octanol–water partition coefficient (Wildman–Crippen LogP) is 2.08. The first-order chi connectivity index (χ1) is 10.2. The SMILES string of the molecule is O=C1CC(C(=O)Nc2ccc(OC3CCCC3)cc2)CN1. The van der Waals surface area contributed by atoms with Gasteiger partial charge in [-0.05, 0) is 49.9 Å². The minimum absolute atomic E-state index is 0.0598. The summed E-state index contributed by atoms with van der Waals surface area (Å²) in [4.78, 5) is 23.1. The third-order valence-corrected chi connectivity index (χ3v) is 4.08. The Hall–Kier alpha value is -2.04. The summed E-state index contributed by atoms with van der Waals surface area (Å²) in [6, 6.07) is 7.44. The van der Waals surface area contributed by atoms with E-state index in [1.165, 1.54) is 12.8 Å². The highest BCUT2D eigenvalue weighted by Crippen LogP contribution is 2.25. The number of hydrogen-bond donors (Lipinski definition) is 2. The number of hydrogen-bond acceptors (Lipinski definition) is 3. The molecule has 0 bridgehead atoms. The smallest absolute Gasteiger partial charge is 0.229 e. The van der Waals surface area contributed by atoms with Gasteiger partial charge in [-0.15, -0.1) is 0 Å². The van der Waals surface area contributed by atoms with Gasteiger partial charge < -0.3 is 15.4 Å². The molecule has 2 fully saturated rings. The van der Waals surface area contributed by atoms with Gasteiger partial charge in [-0.1, -0.05) is 0 Å². The summed E-state index contributed by atoms with van der Waals surface area (Å²) >= 11 is 0. The molecule has 1 aliphatic carbocycles. The average molecular weight is 288 g/mol. The molecular weight excluding hydrogens is 268 g/mol. The Morgan fingerprint density at radius 3 is 2.52 bits per heavy atom. The van der Waals surface area contributed by atoms with E-state index in [1.807, 2.05) is 24.3 Å². The van der Waals surface area contributed by atoms with Crippen LogP contribution in [0.15, 0.2) is 24.3 Å². The fourth-order valence-electron chi connectivity index (χ4n) is 2.85. The Morgan fingerprint density at radius 2 is 1.90 bits per heavy atom. The average Bonchev–Trinajstić information content (AvgIpc) is 3.12. The number of nitrogens with one attached hydrogen (secondary N) is 2. The first-order valence-corrected chi connectivity index (χ1v) is 7.55. The van der Waals surface area contributed by atoms with Gasteiger partial charge in [-0.2, -0.15) is 0 Å². The highest BCUT2D eigenvalue weighted by molar-refractivity contribution is 5.97. The van der Waals surface area contributed by atoms with Gasteiger partial charge in [-0.3, -0.25) is 9.59 Å². The predicted molar refractivity (Wildman–Crippen MR) is 79.1 cm³/mol. The van der Waals surface area contributed by atoms with Crippen molar-refractivity contribution < 1.29 is 14.3 Å². The van der Waals surface area contributed by atoms with Crippen molar-refractivity contribution in [1.82, 2.24) is 5.32 Å². The summed E-state index contributed by atoms with van der Waals surface area (Å²) in [5.74, 6) is 0.401. The molecule has 1 aliphatic heterocycles. The summed E-state index contributed by atoms with van der Waals surface area (Å²) in [7, 11) is 0. The van der Waals surface area contributed by atoms with Gasteiger partial charge in [0.15, 0.2) is 0 Å². The molecule has 0 radical (unpaired) electrons. The Balaban J connectivity index is 1.54. The molecule has 1 saturated carbocycles. The van der Waals surface area contributed by atoms with E-state index < -0.39 is 0 Å². The monoisotopic (exact) mass is 288 g/mol. The third-order valence-electron chi connectivity index (χ3n) is 4.08. The summed E-state index contributed by atoms with van der Waals surface area (Å²) in [5, 5.41) is 5.50. The third kappa shape index (κ3) is 3.54. The number of carbonyl (C=O) groups is 2. The molecule has 3 rings (SSSR count). The first kappa shape index (κ1) is 13.9. The van der Waals surface area contributed by atoms with Crippen LogP contribution >= 0.6 is 0 Å². The van der Waals surface area contributed by atoms with Gasteiger partial charge in [0.2, 0.25) is 11.8 Å². The molecule has 1 saturated heterocycles. The molecule has 1 aromatic carbocycles. The van der Waals surface area contributed by atoms with Crippen molar-refractivity contribution in [3.05, 3.63) is 24.3 Å². The second kappa shape index (κ2) is 6.16. The molecule has 112 valence electrons. The van der Waals surface area contributed by atoms with E-state index in [0.717, 1.165) is 24.3 Å². The van der Waals surface area contributed by atoms with Crippen LogP contribution in [0.4, 0.5) is 5.69 Å². The Kier molecular flexibility index (Phi) is 4.08. The molecule has 2 aliphatic rings. The molecule has 2 amide bonds. The molecule has 0 aromatic heterocycles. The molecule has 1 unspecified atom stereocenters. The van der Waals surface area contributed by atoms with Gasteiger partial charge in [0, 0.05) is 18.7 Å². The van der Waals surface area contributed by atoms with Gasteiger partial charge >= 0.3 is 0 Å². The Labute approximate surface area is 124 Å².